The maximum atomic E-state index is 5.35. The minimum atomic E-state index is 0.398. The Morgan fingerprint density at radius 3 is 2.53 bits per heavy atom. The SMILES string of the molecule is COc1ccc(OC)c(C2NCC2C)c1. The molecule has 3 nitrogen and oxygen atoms in total. The minimum absolute atomic E-state index is 0.398. The van der Waals surface area contributed by atoms with Crippen LogP contribution in [0.2, 0.25) is 0 Å². The van der Waals surface area contributed by atoms with E-state index in [1.807, 2.05) is 18.2 Å². The molecule has 3 heteroatoms. The van der Waals surface area contributed by atoms with Crippen LogP contribution < -0.4 is 14.8 Å². The molecule has 1 saturated heterocycles. The van der Waals surface area contributed by atoms with Gasteiger partial charge in [0.25, 0.3) is 0 Å². The van der Waals surface area contributed by atoms with Gasteiger partial charge in [0.2, 0.25) is 0 Å². The van der Waals surface area contributed by atoms with Crippen LogP contribution in [0.25, 0.3) is 0 Å². The van der Waals surface area contributed by atoms with Crippen LogP contribution in [0.15, 0.2) is 18.2 Å². The Labute approximate surface area is 90.4 Å². The molecule has 2 atom stereocenters. The molecule has 1 aromatic rings. The summed E-state index contributed by atoms with van der Waals surface area (Å²) in [5.74, 6) is 2.47. The molecule has 1 heterocycles. The van der Waals surface area contributed by atoms with Crippen molar-refractivity contribution in [2.24, 2.45) is 5.92 Å². The van der Waals surface area contributed by atoms with E-state index >= 15 is 0 Å². The van der Waals surface area contributed by atoms with Gasteiger partial charge in [-0.25, -0.2) is 0 Å². The molecule has 1 aliphatic rings. The fraction of sp³-hybridized carbons (Fsp3) is 0.500. The van der Waals surface area contributed by atoms with Crippen LogP contribution in [0.3, 0.4) is 0 Å². The summed E-state index contributed by atoms with van der Waals surface area (Å²) in [6, 6.07) is 6.33. The highest BCUT2D eigenvalue weighted by Crippen LogP contribution is 2.36. The van der Waals surface area contributed by atoms with Crippen LogP contribution >= 0.6 is 0 Å². The van der Waals surface area contributed by atoms with Gasteiger partial charge in [0.15, 0.2) is 0 Å². The summed E-state index contributed by atoms with van der Waals surface area (Å²) in [6.07, 6.45) is 0. The van der Waals surface area contributed by atoms with E-state index in [2.05, 4.69) is 12.2 Å². The van der Waals surface area contributed by atoms with Gasteiger partial charge in [-0.3, -0.25) is 0 Å². The molecule has 0 aromatic heterocycles. The predicted octanol–water partition coefficient (Wildman–Crippen LogP) is 1.98. The Balaban J connectivity index is 2.33. The Morgan fingerprint density at radius 1 is 1.27 bits per heavy atom. The third-order valence-corrected chi connectivity index (χ3v) is 3.00. The number of methoxy groups -OCH3 is 2. The van der Waals surface area contributed by atoms with Gasteiger partial charge < -0.3 is 14.8 Å². The summed E-state index contributed by atoms with van der Waals surface area (Å²) in [7, 11) is 3.39. The van der Waals surface area contributed by atoms with Crippen molar-refractivity contribution < 1.29 is 9.47 Å². The van der Waals surface area contributed by atoms with Gasteiger partial charge in [-0.05, 0) is 24.1 Å². The molecule has 15 heavy (non-hydrogen) atoms. The summed E-state index contributed by atoms with van der Waals surface area (Å²) in [6.45, 7) is 3.31. The first kappa shape index (κ1) is 10.3. The highest BCUT2D eigenvalue weighted by molar-refractivity contribution is 5.43. The van der Waals surface area contributed by atoms with Gasteiger partial charge in [-0.15, -0.1) is 0 Å². The smallest absolute Gasteiger partial charge is 0.123 e. The summed E-state index contributed by atoms with van der Waals surface area (Å²) < 4.78 is 10.6. The molecule has 0 spiro atoms. The lowest BCUT2D eigenvalue weighted by Gasteiger charge is -2.36. The van der Waals surface area contributed by atoms with Gasteiger partial charge in [-0.1, -0.05) is 6.92 Å². The molecule has 82 valence electrons. The van der Waals surface area contributed by atoms with E-state index in [0.717, 1.165) is 18.0 Å². The molecule has 1 aromatic carbocycles. The van der Waals surface area contributed by atoms with E-state index < -0.39 is 0 Å². The van der Waals surface area contributed by atoms with Crippen molar-refractivity contribution in [1.29, 1.82) is 0 Å². The van der Waals surface area contributed by atoms with E-state index in [1.54, 1.807) is 14.2 Å². The van der Waals surface area contributed by atoms with Crippen molar-refractivity contribution in [1.82, 2.24) is 5.32 Å². The molecule has 0 aliphatic carbocycles. The van der Waals surface area contributed by atoms with E-state index in [9.17, 15) is 0 Å². The monoisotopic (exact) mass is 207 g/mol. The number of benzene rings is 1. The molecule has 0 amide bonds. The maximum Gasteiger partial charge on any atom is 0.123 e. The third-order valence-electron chi connectivity index (χ3n) is 3.00. The number of hydrogen-bond donors (Lipinski definition) is 1. The predicted molar refractivity (Wildman–Crippen MR) is 59.5 cm³/mol. The first-order valence-electron chi connectivity index (χ1n) is 5.21. The Bertz CT molecular complexity index is 351. The number of rotatable bonds is 3. The highest BCUT2D eigenvalue weighted by Gasteiger charge is 2.30. The number of hydrogen-bond acceptors (Lipinski definition) is 3. The molecule has 1 N–H and O–H groups in total. The molecular formula is C12H17NO2. The Kier molecular flexibility index (Phi) is 2.82. The van der Waals surface area contributed by atoms with Crippen LogP contribution in [-0.2, 0) is 0 Å². The van der Waals surface area contributed by atoms with Crippen LogP contribution in [0.1, 0.15) is 18.5 Å². The van der Waals surface area contributed by atoms with Crippen LogP contribution in [0.4, 0.5) is 0 Å². The quantitative estimate of drug-likeness (QED) is 0.822. The molecule has 0 bridgehead atoms. The van der Waals surface area contributed by atoms with Crippen molar-refractivity contribution in [3.8, 4) is 11.5 Å². The molecule has 1 aliphatic heterocycles. The zero-order valence-electron chi connectivity index (χ0n) is 9.41. The van der Waals surface area contributed by atoms with Gasteiger partial charge >= 0.3 is 0 Å². The van der Waals surface area contributed by atoms with Crippen molar-refractivity contribution >= 4 is 0 Å². The van der Waals surface area contributed by atoms with E-state index in [4.69, 9.17) is 9.47 Å². The first-order valence-corrected chi connectivity index (χ1v) is 5.21. The lowest BCUT2D eigenvalue weighted by atomic mass is 9.87. The topological polar surface area (TPSA) is 30.5 Å². The molecule has 2 rings (SSSR count). The summed E-state index contributed by atoms with van der Waals surface area (Å²) >= 11 is 0. The molecular weight excluding hydrogens is 190 g/mol. The lowest BCUT2D eigenvalue weighted by Crippen LogP contribution is -2.44. The normalized spacial score (nSPS) is 24.5. The first-order chi connectivity index (χ1) is 7.26. The third kappa shape index (κ3) is 1.79. The van der Waals surface area contributed by atoms with Crippen LogP contribution in [0, 0.1) is 5.92 Å². The minimum Gasteiger partial charge on any atom is -0.497 e. The Morgan fingerprint density at radius 2 is 2.07 bits per heavy atom. The van der Waals surface area contributed by atoms with Crippen LogP contribution in [0.5, 0.6) is 11.5 Å². The van der Waals surface area contributed by atoms with E-state index in [-0.39, 0.29) is 0 Å². The zero-order chi connectivity index (χ0) is 10.8. The van der Waals surface area contributed by atoms with E-state index in [0.29, 0.717) is 12.0 Å². The summed E-state index contributed by atoms with van der Waals surface area (Å²) in [5.41, 5.74) is 1.19. The second-order valence-corrected chi connectivity index (χ2v) is 3.97. The lowest BCUT2D eigenvalue weighted by molar-refractivity contribution is 0.250. The van der Waals surface area contributed by atoms with E-state index in [1.165, 1.54) is 5.56 Å². The standard InChI is InChI=1S/C12H17NO2/c1-8-7-13-12(8)10-6-9(14-2)4-5-11(10)15-3/h4-6,8,12-13H,7H2,1-3H3. The summed E-state index contributed by atoms with van der Waals surface area (Å²) in [4.78, 5) is 0. The number of ether oxygens (including phenoxy) is 2. The van der Waals surface area contributed by atoms with Crippen molar-refractivity contribution in [3.05, 3.63) is 23.8 Å². The Hall–Kier alpha value is -1.22. The summed E-state index contributed by atoms with van der Waals surface area (Å²) in [5, 5.41) is 3.40. The zero-order valence-corrected chi connectivity index (χ0v) is 9.41. The largest absolute Gasteiger partial charge is 0.497 e. The highest BCUT2D eigenvalue weighted by atomic mass is 16.5. The molecule has 0 saturated carbocycles. The molecule has 2 unspecified atom stereocenters. The second-order valence-electron chi connectivity index (χ2n) is 3.97. The average molecular weight is 207 g/mol. The van der Waals surface area contributed by atoms with Gasteiger partial charge in [0.1, 0.15) is 11.5 Å². The fourth-order valence-corrected chi connectivity index (χ4v) is 1.97. The average Bonchev–Trinajstić information content (AvgIpc) is 2.27. The van der Waals surface area contributed by atoms with Gasteiger partial charge in [0, 0.05) is 18.2 Å². The number of nitrogens with one attached hydrogen (secondary N) is 1. The van der Waals surface area contributed by atoms with Crippen molar-refractivity contribution in [3.63, 3.8) is 0 Å². The maximum absolute atomic E-state index is 5.35. The van der Waals surface area contributed by atoms with Crippen molar-refractivity contribution in [2.75, 3.05) is 20.8 Å². The molecule has 1 fully saturated rings. The molecule has 0 radical (unpaired) electrons. The van der Waals surface area contributed by atoms with Crippen molar-refractivity contribution in [2.45, 2.75) is 13.0 Å². The fourth-order valence-electron chi connectivity index (χ4n) is 1.97. The van der Waals surface area contributed by atoms with Crippen LogP contribution in [-0.4, -0.2) is 20.8 Å². The van der Waals surface area contributed by atoms with Gasteiger partial charge in [0.05, 0.1) is 14.2 Å². The van der Waals surface area contributed by atoms with Gasteiger partial charge in [-0.2, -0.15) is 0 Å². The second kappa shape index (κ2) is 4.11.